The standard InChI is InChI=1S/C26H25N7O2/c1-4-32-25(35)18-12-8-9-13-21(18)29-26(32)31-30-24(34)19-14-22(17-10-6-5-7-11-17)28-23-20(19)15-27-33(23)16(2)3/h5-16H,4H2,1-3H3,(H,29,31)(H,30,34). The van der Waals surface area contributed by atoms with Crippen molar-refractivity contribution in [2.75, 3.05) is 5.43 Å². The fraction of sp³-hybridized carbons (Fsp3) is 0.192. The van der Waals surface area contributed by atoms with Gasteiger partial charge in [0.1, 0.15) is 0 Å². The normalized spacial score (nSPS) is 11.3. The minimum atomic E-state index is -0.386. The van der Waals surface area contributed by atoms with E-state index in [2.05, 4.69) is 20.9 Å². The summed E-state index contributed by atoms with van der Waals surface area (Å²) in [6.07, 6.45) is 1.66. The lowest BCUT2D eigenvalue weighted by Crippen LogP contribution is -2.34. The molecule has 3 aromatic heterocycles. The Kier molecular flexibility index (Phi) is 5.74. The number of carbonyl (C=O) groups is 1. The van der Waals surface area contributed by atoms with Gasteiger partial charge in [-0.15, -0.1) is 0 Å². The number of carbonyl (C=O) groups excluding carboxylic acids is 1. The molecule has 9 heteroatoms. The van der Waals surface area contributed by atoms with Crippen molar-refractivity contribution in [3.05, 3.63) is 82.8 Å². The number of fused-ring (bicyclic) bond motifs is 2. The minimum absolute atomic E-state index is 0.0702. The molecule has 0 aliphatic rings. The minimum Gasteiger partial charge on any atom is -0.277 e. The van der Waals surface area contributed by atoms with Crippen molar-refractivity contribution in [3.8, 4) is 11.3 Å². The first-order valence-corrected chi connectivity index (χ1v) is 11.5. The Bertz CT molecular complexity index is 1600. The second-order valence-corrected chi connectivity index (χ2v) is 8.42. The van der Waals surface area contributed by atoms with Crippen molar-refractivity contribution in [1.82, 2.24) is 29.7 Å². The lowest BCUT2D eigenvalue weighted by atomic mass is 10.1. The zero-order chi connectivity index (χ0) is 24.5. The molecule has 0 aliphatic carbocycles. The van der Waals surface area contributed by atoms with Crippen LogP contribution in [0.15, 0.2) is 71.7 Å². The number of aromatic nitrogens is 5. The van der Waals surface area contributed by atoms with E-state index >= 15 is 0 Å². The zero-order valence-corrected chi connectivity index (χ0v) is 19.7. The molecule has 0 bridgehead atoms. The number of pyridine rings is 1. The van der Waals surface area contributed by atoms with E-state index in [-0.39, 0.29) is 23.5 Å². The van der Waals surface area contributed by atoms with Crippen LogP contribution in [0, 0.1) is 0 Å². The van der Waals surface area contributed by atoms with Crippen molar-refractivity contribution in [3.63, 3.8) is 0 Å². The number of rotatable bonds is 6. The third kappa shape index (κ3) is 4.01. The summed E-state index contributed by atoms with van der Waals surface area (Å²) in [7, 11) is 0. The van der Waals surface area contributed by atoms with Gasteiger partial charge in [-0.3, -0.25) is 25.0 Å². The number of para-hydroxylation sites is 1. The van der Waals surface area contributed by atoms with Crippen LogP contribution in [0.1, 0.15) is 37.2 Å². The van der Waals surface area contributed by atoms with Crippen molar-refractivity contribution in [1.29, 1.82) is 0 Å². The van der Waals surface area contributed by atoms with Crippen LogP contribution in [0.5, 0.6) is 0 Å². The second kappa shape index (κ2) is 9.02. The molecular weight excluding hydrogens is 442 g/mol. The summed E-state index contributed by atoms with van der Waals surface area (Å²) in [5, 5.41) is 5.62. The van der Waals surface area contributed by atoms with E-state index in [4.69, 9.17) is 4.98 Å². The molecule has 0 spiro atoms. The molecule has 0 fully saturated rings. The SMILES string of the molecule is CCn1c(NNC(=O)c2cc(-c3ccccc3)nc3c2cnn3C(C)C)nc2ccccc2c1=O. The molecule has 2 aromatic carbocycles. The van der Waals surface area contributed by atoms with Crippen molar-refractivity contribution in [2.45, 2.75) is 33.4 Å². The predicted molar refractivity (Wildman–Crippen MR) is 136 cm³/mol. The first-order chi connectivity index (χ1) is 17.0. The third-order valence-corrected chi connectivity index (χ3v) is 5.84. The second-order valence-electron chi connectivity index (χ2n) is 8.42. The Hall–Kier alpha value is -4.53. The van der Waals surface area contributed by atoms with E-state index in [1.807, 2.05) is 57.2 Å². The van der Waals surface area contributed by atoms with Gasteiger partial charge in [0.15, 0.2) is 5.65 Å². The van der Waals surface area contributed by atoms with Crippen molar-refractivity contribution < 1.29 is 4.79 Å². The number of nitrogens with zero attached hydrogens (tertiary/aromatic N) is 5. The number of anilines is 1. The number of hydrogen-bond acceptors (Lipinski definition) is 6. The van der Waals surface area contributed by atoms with Crippen LogP contribution in [0.4, 0.5) is 5.95 Å². The quantitative estimate of drug-likeness (QED) is 0.363. The molecule has 3 heterocycles. The Morgan fingerprint density at radius 3 is 2.49 bits per heavy atom. The number of nitrogens with one attached hydrogen (secondary N) is 2. The highest BCUT2D eigenvalue weighted by Crippen LogP contribution is 2.26. The van der Waals surface area contributed by atoms with E-state index in [1.165, 1.54) is 4.57 Å². The van der Waals surface area contributed by atoms with Gasteiger partial charge in [0, 0.05) is 18.2 Å². The molecule has 0 saturated carbocycles. The first kappa shape index (κ1) is 22.3. The van der Waals surface area contributed by atoms with E-state index in [0.717, 1.165) is 5.56 Å². The van der Waals surface area contributed by atoms with E-state index in [1.54, 1.807) is 35.1 Å². The van der Waals surface area contributed by atoms with Gasteiger partial charge in [0.25, 0.3) is 11.5 Å². The van der Waals surface area contributed by atoms with E-state index in [0.29, 0.717) is 39.7 Å². The maximum atomic E-state index is 13.4. The molecule has 0 unspecified atom stereocenters. The van der Waals surface area contributed by atoms with Gasteiger partial charge < -0.3 is 0 Å². The topological polar surface area (TPSA) is 107 Å². The van der Waals surface area contributed by atoms with E-state index in [9.17, 15) is 9.59 Å². The van der Waals surface area contributed by atoms with Gasteiger partial charge in [-0.1, -0.05) is 42.5 Å². The highest BCUT2D eigenvalue weighted by molar-refractivity contribution is 6.06. The summed E-state index contributed by atoms with van der Waals surface area (Å²) in [6.45, 7) is 6.28. The maximum Gasteiger partial charge on any atom is 0.270 e. The highest BCUT2D eigenvalue weighted by Gasteiger charge is 2.19. The molecule has 35 heavy (non-hydrogen) atoms. The first-order valence-electron chi connectivity index (χ1n) is 11.5. The number of hydrogen-bond donors (Lipinski definition) is 2. The van der Waals surface area contributed by atoms with Crippen LogP contribution in [0.3, 0.4) is 0 Å². The van der Waals surface area contributed by atoms with Crippen LogP contribution in [-0.2, 0) is 6.54 Å². The lowest BCUT2D eigenvalue weighted by Gasteiger charge is -2.15. The van der Waals surface area contributed by atoms with Crippen LogP contribution >= 0.6 is 0 Å². The fourth-order valence-corrected chi connectivity index (χ4v) is 4.08. The van der Waals surface area contributed by atoms with Gasteiger partial charge in [0.2, 0.25) is 5.95 Å². The van der Waals surface area contributed by atoms with E-state index < -0.39 is 0 Å². The highest BCUT2D eigenvalue weighted by atomic mass is 16.2. The van der Waals surface area contributed by atoms with Crippen molar-refractivity contribution in [2.24, 2.45) is 0 Å². The molecule has 5 aromatic rings. The molecular formula is C26H25N7O2. The Labute approximate surface area is 201 Å². The molecule has 0 atom stereocenters. The maximum absolute atomic E-state index is 13.4. The number of amides is 1. The van der Waals surface area contributed by atoms with Crippen LogP contribution in [-0.4, -0.2) is 30.2 Å². The Morgan fingerprint density at radius 1 is 1.00 bits per heavy atom. The van der Waals surface area contributed by atoms with Crippen molar-refractivity contribution >= 4 is 33.8 Å². The van der Waals surface area contributed by atoms with Gasteiger partial charge in [-0.2, -0.15) is 5.10 Å². The third-order valence-electron chi connectivity index (χ3n) is 5.84. The zero-order valence-electron chi connectivity index (χ0n) is 19.7. The molecule has 0 aliphatic heterocycles. The monoisotopic (exact) mass is 467 g/mol. The predicted octanol–water partition coefficient (Wildman–Crippen LogP) is 4.17. The Balaban J connectivity index is 1.55. The van der Waals surface area contributed by atoms with Gasteiger partial charge in [-0.05, 0) is 39.0 Å². The molecule has 5 rings (SSSR count). The summed E-state index contributed by atoms with van der Waals surface area (Å²) >= 11 is 0. The average Bonchev–Trinajstić information content (AvgIpc) is 3.32. The van der Waals surface area contributed by atoms with Crippen LogP contribution in [0.25, 0.3) is 33.2 Å². The molecule has 2 N–H and O–H groups in total. The molecule has 176 valence electrons. The summed E-state index contributed by atoms with van der Waals surface area (Å²) < 4.78 is 3.28. The largest absolute Gasteiger partial charge is 0.277 e. The van der Waals surface area contributed by atoms with Crippen LogP contribution < -0.4 is 16.4 Å². The summed E-state index contributed by atoms with van der Waals surface area (Å²) in [6, 6.07) is 18.6. The van der Waals surface area contributed by atoms with Gasteiger partial charge in [-0.25, -0.2) is 14.6 Å². The molecule has 9 nitrogen and oxygen atoms in total. The molecule has 0 saturated heterocycles. The lowest BCUT2D eigenvalue weighted by molar-refractivity contribution is 0.0963. The van der Waals surface area contributed by atoms with Gasteiger partial charge >= 0.3 is 0 Å². The summed E-state index contributed by atoms with van der Waals surface area (Å²) in [5.41, 5.74) is 8.55. The Morgan fingerprint density at radius 2 is 1.74 bits per heavy atom. The molecule has 0 radical (unpaired) electrons. The van der Waals surface area contributed by atoms with Crippen LogP contribution in [0.2, 0.25) is 0 Å². The fourth-order valence-electron chi connectivity index (χ4n) is 4.08. The molecule has 1 amide bonds. The smallest absolute Gasteiger partial charge is 0.270 e. The average molecular weight is 468 g/mol. The summed E-state index contributed by atoms with van der Waals surface area (Å²) in [5.74, 6) is -0.126. The number of hydrazine groups is 1. The number of benzene rings is 2. The van der Waals surface area contributed by atoms with Gasteiger partial charge in [0.05, 0.1) is 33.7 Å². The summed E-state index contributed by atoms with van der Waals surface area (Å²) in [4.78, 5) is 35.6.